The lowest BCUT2D eigenvalue weighted by molar-refractivity contribution is -0.140. The number of nitrogens with zero attached hydrogens (tertiary/aromatic N) is 3. The van der Waals surface area contributed by atoms with E-state index in [0.717, 1.165) is 4.31 Å². The summed E-state index contributed by atoms with van der Waals surface area (Å²) in [6.45, 7) is 6.43. The number of Topliss-reactive ketones (excluding diaryl/α,β-unsaturated/α-hetero) is 1. The summed E-state index contributed by atoms with van der Waals surface area (Å²) in [5.74, 6) is -0.898. The topological polar surface area (TPSA) is 110 Å². The molecule has 8 nitrogen and oxygen atoms in total. The van der Waals surface area contributed by atoms with Gasteiger partial charge in [-0.15, -0.1) is 0 Å². The van der Waals surface area contributed by atoms with Gasteiger partial charge in [-0.25, -0.2) is 18.2 Å². The Labute approximate surface area is 230 Å². The Morgan fingerprint density at radius 3 is 2.24 bits per heavy atom. The number of fused-ring (bicyclic) bond motifs is 1. The summed E-state index contributed by atoms with van der Waals surface area (Å²) in [6, 6.07) is 12.3. The number of ketones is 1. The quantitative estimate of drug-likeness (QED) is 0.262. The number of aromatic nitrogens is 2. The number of carbonyl (C=O) groups is 2. The van der Waals surface area contributed by atoms with E-state index in [9.17, 15) is 23.1 Å². The number of anilines is 1. The summed E-state index contributed by atoms with van der Waals surface area (Å²) in [4.78, 5) is 28.5. The van der Waals surface area contributed by atoms with Crippen LogP contribution in [0.3, 0.4) is 0 Å². The lowest BCUT2D eigenvalue weighted by Gasteiger charge is -2.37. The second kappa shape index (κ2) is 10.1. The van der Waals surface area contributed by atoms with E-state index in [4.69, 9.17) is 23.2 Å². The van der Waals surface area contributed by atoms with Crippen LogP contribution in [0.4, 0.5) is 5.69 Å². The molecule has 2 aromatic carbocycles. The minimum atomic E-state index is -4.43. The van der Waals surface area contributed by atoms with E-state index in [1.807, 2.05) is 0 Å². The third-order valence-electron chi connectivity index (χ3n) is 6.01. The summed E-state index contributed by atoms with van der Waals surface area (Å²) in [5, 5.41) is 11.0. The molecule has 0 saturated heterocycles. The molecule has 38 heavy (non-hydrogen) atoms. The third kappa shape index (κ3) is 5.27. The standard InChI is InChI=1S/C27H25Cl2N3O5S/c1-16(33)17-7-9-30-24(12-17)31-10-8-18-11-21(5-6-23(18)31)32(25(26(34)35)27(2,3)4)38(36,37)22-14-19(28)13-20(29)15-22/h5-15,25H,1-4H3,(H,34,35). The Balaban J connectivity index is 1.92. The fourth-order valence-electron chi connectivity index (χ4n) is 4.28. The highest BCUT2D eigenvalue weighted by molar-refractivity contribution is 7.93. The number of hydrogen-bond acceptors (Lipinski definition) is 5. The molecule has 1 atom stereocenters. The number of carboxylic acids is 1. The van der Waals surface area contributed by atoms with Gasteiger partial charge in [0.15, 0.2) is 5.78 Å². The molecule has 11 heteroatoms. The number of carbonyl (C=O) groups excluding carboxylic acids is 1. The summed E-state index contributed by atoms with van der Waals surface area (Å²) in [7, 11) is -4.43. The van der Waals surface area contributed by atoms with E-state index in [0.29, 0.717) is 22.3 Å². The molecule has 0 aliphatic carbocycles. The molecule has 4 aromatic rings. The van der Waals surface area contributed by atoms with Crippen LogP contribution in [0, 0.1) is 5.41 Å². The van der Waals surface area contributed by atoms with Crippen LogP contribution in [0.25, 0.3) is 16.7 Å². The molecule has 0 saturated carbocycles. The first-order valence-corrected chi connectivity index (χ1v) is 13.7. The normalized spacial score (nSPS) is 12.9. The second-order valence-electron chi connectivity index (χ2n) is 9.90. The average Bonchev–Trinajstić information content (AvgIpc) is 3.24. The van der Waals surface area contributed by atoms with Crippen LogP contribution in [0.5, 0.6) is 0 Å². The zero-order valence-corrected chi connectivity index (χ0v) is 23.3. The molecule has 2 aromatic heterocycles. The number of halogens is 2. The predicted octanol–water partition coefficient (Wildman–Crippen LogP) is 6.23. The molecule has 2 heterocycles. The van der Waals surface area contributed by atoms with Gasteiger partial charge < -0.3 is 9.67 Å². The van der Waals surface area contributed by atoms with Crippen molar-refractivity contribution in [2.75, 3.05) is 4.31 Å². The Morgan fingerprint density at radius 2 is 1.66 bits per heavy atom. The maximum atomic E-state index is 14.0. The molecule has 0 aliphatic rings. The van der Waals surface area contributed by atoms with Crippen molar-refractivity contribution < 1.29 is 23.1 Å². The number of aliphatic carboxylic acids is 1. The number of benzene rings is 2. The zero-order valence-electron chi connectivity index (χ0n) is 21.0. The van der Waals surface area contributed by atoms with Crippen molar-refractivity contribution in [2.45, 2.75) is 38.6 Å². The van der Waals surface area contributed by atoms with Gasteiger partial charge in [0.2, 0.25) is 0 Å². The van der Waals surface area contributed by atoms with Crippen LogP contribution < -0.4 is 4.31 Å². The molecule has 1 N–H and O–H groups in total. The maximum Gasteiger partial charge on any atom is 0.328 e. The lowest BCUT2D eigenvalue weighted by atomic mass is 9.86. The van der Waals surface area contributed by atoms with E-state index in [1.165, 1.54) is 31.3 Å². The van der Waals surface area contributed by atoms with Crippen molar-refractivity contribution in [2.24, 2.45) is 5.41 Å². The Hall–Kier alpha value is -3.40. The van der Waals surface area contributed by atoms with Crippen LogP contribution in [0.15, 0.2) is 71.9 Å². The van der Waals surface area contributed by atoms with Gasteiger partial charge in [0.1, 0.15) is 11.9 Å². The van der Waals surface area contributed by atoms with E-state index < -0.39 is 27.4 Å². The highest BCUT2D eigenvalue weighted by Gasteiger charge is 2.43. The Kier molecular flexibility index (Phi) is 7.31. The highest BCUT2D eigenvalue weighted by atomic mass is 35.5. The van der Waals surface area contributed by atoms with Crippen molar-refractivity contribution in [3.05, 3.63) is 82.6 Å². The number of pyridine rings is 1. The highest BCUT2D eigenvalue weighted by Crippen LogP contribution is 2.37. The van der Waals surface area contributed by atoms with Crippen molar-refractivity contribution in [3.63, 3.8) is 0 Å². The molecule has 0 radical (unpaired) electrons. The number of hydrogen-bond donors (Lipinski definition) is 1. The first-order chi connectivity index (χ1) is 17.7. The van der Waals surface area contributed by atoms with E-state index >= 15 is 0 Å². The Morgan fingerprint density at radius 1 is 1.00 bits per heavy atom. The van der Waals surface area contributed by atoms with Crippen molar-refractivity contribution in [1.29, 1.82) is 0 Å². The summed E-state index contributed by atoms with van der Waals surface area (Å²) in [6.07, 6.45) is 3.28. The molecular formula is C27H25Cl2N3O5S. The van der Waals surface area contributed by atoms with E-state index in [-0.39, 0.29) is 26.4 Å². The smallest absolute Gasteiger partial charge is 0.328 e. The van der Waals surface area contributed by atoms with Gasteiger partial charge >= 0.3 is 5.97 Å². The van der Waals surface area contributed by atoms with Crippen molar-refractivity contribution in [1.82, 2.24) is 9.55 Å². The van der Waals surface area contributed by atoms with Crippen molar-refractivity contribution in [3.8, 4) is 5.82 Å². The first kappa shape index (κ1) is 27.6. The largest absolute Gasteiger partial charge is 0.480 e. The molecule has 4 rings (SSSR count). The first-order valence-electron chi connectivity index (χ1n) is 11.5. The zero-order chi connectivity index (χ0) is 28.0. The van der Waals surface area contributed by atoms with Gasteiger partial charge in [0.05, 0.1) is 16.1 Å². The number of rotatable bonds is 7. The minimum absolute atomic E-state index is 0.101. The van der Waals surface area contributed by atoms with Gasteiger partial charge in [-0.05, 0) is 66.9 Å². The predicted molar refractivity (Wildman–Crippen MR) is 148 cm³/mol. The second-order valence-corrected chi connectivity index (χ2v) is 12.6. The molecule has 0 fully saturated rings. The molecule has 0 bridgehead atoms. The summed E-state index contributed by atoms with van der Waals surface area (Å²) < 4.78 is 30.7. The maximum absolute atomic E-state index is 14.0. The number of sulfonamides is 1. The van der Waals surface area contributed by atoms with Crippen LogP contribution in [0.1, 0.15) is 38.1 Å². The molecule has 0 spiro atoms. The lowest BCUT2D eigenvalue weighted by Crippen LogP contribution is -2.52. The molecule has 0 amide bonds. The van der Waals surface area contributed by atoms with Crippen molar-refractivity contribution >= 4 is 61.6 Å². The van der Waals surface area contributed by atoms with Gasteiger partial charge in [-0.3, -0.25) is 9.10 Å². The molecule has 198 valence electrons. The number of carboxylic acid groups (broad SMARTS) is 1. The van der Waals surface area contributed by atoms with E-state index in [1.54, 1.807) is 67.9 Å². The molecule has 1 unspecified atom stereocenters. The van der Waals surface area contributed by atoms with Gasteiger partial charge in [-0.1, -0.05) is 44.0 Å². The Bertz CT molecular complexity index is 1660. The summed E-state index contributed by atoms with van der Waals surface area (Å²) >= 11 is 12.2. The monoisotopic (exact) mass is 573 g/mol. The van der Waals surface area contributed by atoms with Crippen LogP contribution in [0.2, 0.25) is 10.0 Å². The molecule has 0 aliphatic heterocycles. The van der Waals surface area contributed by atoms with Crippen LogP contribution in [-0.4, -0.2) is 40.9 Å². The summed E-state index contributed by atoms with van der Waals surface area (Å²) in [5.41, 5.74) is 0.353. The van der Waals surface area contributed by atoms with Crippen LogP contribution in [-0.2, 0) is 14.8 Å². The third-order valence-corrected chi connectivity index (χ3v) is 8.22. The fourth-order valence-corrected chi connectivity index (χ4v) is 6.79. The van der Waals surface area contributed by atoms with Gasteiger partial charge in [0.25, 0.3) is 10.0 Å². The van der Waals surface area contributed by atoms with Gasteiger partial charge in [-0.2, -0.15) is 0 Å². The SMILES string of the molecule is CC(=O)c1ccnc(-n2ccc3cc(N(C(C(=O)O)C(C)(C)C)S(=O)(=O)c4cc(Cl)cc(Cl)c4)ccc32)c1. The van der Waals surface area contributed by atoms with E-state index in [2.05, 4.69) is 4.98 Å². The minimum Gasteiger partial charge on any atom is -0.480 e. The van der Waals surface area contributed by atoms with Gasteiger partial charge in [0, 0.05) is 33.4 Å². The van der Waals surface area contributed by atoms with Crippen LogP contribution >= 0.6 is 23.2 Å². The fraction of sp³-hybridized carbons (Fsp3) is 0.222. The molecular weight excluding hydrogens is 549 g/mol. The average molecular weight is 574 g/mol.